The Morgan fingerprint density at radius 2 is 1.15 bits per heavy atom. The third-order valence-corrected chi connectivity index (χ3v) is 13.4. The third kappa shape index (κ3) is 15.2. The van der Waals surface area contributed by atoms with Gasteiger partial charge in [-0.2, -0.15) is 0 Å². The number of carbonyl (C=O) groups excluding carboxylic acids is 4. The van der Waals surface area contributed by atoms with E-state index in [0.29, 0.717) is 50.6 Å². The first-order valence-corrected chi connectivity index (χ1v) is 23.3. The van der Waals surface area contributed by atoms with E-state index in [0.717, 1.165) is 32.5 Å². The SMILES string of the molecule is CC(C)c1nc(CN(C)C(=O)C[C@H](C(=O)N[C@H](CC[C@@H](CC(=O)[C@@H](NC(=O)N(C)Cc2csc(C(C)C)n2)C(C)C)Cc2ccccc2)Cc2ccccc2)C(C)C)cs1. The molecule has 4 rings (SSSR count). The van der Waals surface area contributed by atoms with Crippen molar-refractivity contribution in [3.63, 3.8) is 0 Å². The molecule has 12 heteroatoms. The molecule has 0 aliphatic rings. The molecule has 0 saturated carbocycles. The molecule has 0 aliphatic carbocycles. The summed E-state index contributed by atoms with van der Waals surface area (Å²) >= 11 is 3.20. The van der Waals surface area contributed by atoms with E-state index in [4.69, 9.17) is 4.98 Å². The van der Waals surface area contributed by atoms with Gasteiger partial charge in [0, 0.05) is 61.5 Å². The first-order valence-electron chi connectivity index (χ1n) is 21.6. The van der Waals surface area contributed by atoms with Gasteiger partial charge in [0.15, 0.2) is 5.78 Å². The molecule has 2 aromatic heterocycles. The molecule has 0 unspecified atom stereocenters. The van der Waals surface area contributed by atoms with Gasteiger partial charge in [-0.1, -0.05) is 116 Å². The van der Waals surface area contributed by atoms with Crippen molar-refractivity contribution >= 4 is 46.3 Å². The number of carbonyl (C=O) groups is 4. The Morgan fingerprint density at radius 1 is 0.633 bits per heavy atom. The van der Waals surface area contributed by atoms with Gasteiger partial charge in [0.1, 0.15) is 0 Å². The van der Waals surface area contributed by atoms with Gasteiger partial charge < -0.3 is 20.4 Å². The van der Waals surface area contributed by atoms with Crippen LogP contribution < -0.4 is 10.6 Å². The number of hydrogen-bond acceptors (Lipinski definition) is 8. The average Bonchev–Trinajstić information content (AvgIpc) is 3.88. The molecule has 2 heterocycles. The van der Waals surface area contributed by atoms with Gasteiger partial charge in [-0.3, -0.25) is 14.4 Å². The Labute approximate surface area is 367 Å². The minimum atomic E-state index is -0.657. The van der Waals surface area contributed by atoms with Crippen molar-refractivity contribution in [2.24, 2.45) is 23.7 Å². The van der Waals surface area contributed by atoms with E-state index in [1.807, 2.05) is 74.9 Å². The van der Waals surface area contributed by atoms with Crippen LogP contribution >= 0.6 is 22.7 Å². The van der Waals surface area contributed by atoms with E-state index < -0.39 is 12.0 Å². The van der Waals surface area contributed by atoms with E-state index in [1.165, 1.54) is 0 Å². The molecule has 60 heavy (non-hydrogen) atoms. The van der Waals surface area contributed by atoms with Crippen LogP contribution in [0.25, 0.3) is 0 Å². The molecule has 2 aromatic carbocycles. The number of benzene rings is 2. The number of urea groups is 1. The Balaban J connectivity index is 1.47. The highest BCUT2D eigenvalue weighted by molar-refractivity contribution is 7.10. The molecular formula is C48H68N6O4S2. The number of amides is 4. The number of thiazole rings is 2. The van der Waals surface area contributed by atoms with Gasteiger partial charge in [-0.15, -0.1) is 22.7 Å². The van der Waals surface area contributed by atoms with E-state index >= 15 is 0 Å². The van der Waals surface area contributed by atoms with Crippen molar-refractivity contribution in [2.45, 2.75) is 131 Å². The van der Waals surface area contributed by atoms with E-state index in [2.05, 4.69) is 67.6 Å². The number of rotatable bonds is 23. The lowest BCUT2D eigenvalue weighted by Crippen LogP contribution is -2.49. The maximum atomic E-state index is 14.2. The summed E-state index contributed by atoms with van der Waals surface area (Å²) in [6.07, 6.45) is 3.01. The van der Waals surface area contributed by atoms with Crippen LogP contribution in [0.15, 0.2) is 71.4 Å². The van der Waals surface area contributed by atoms with Gasteiger partial charge in [0.2, 0.25) is 11.8 Å². The maximum Gasteiger partial charge on any atom is 0.318 e. The predicted octanol–water partition coefficient (Wildman–Crippen LogP) is 9.66. The molecule has 0 radical (unpaired) electrons. The summed E-state index contributed by atoms with van der Waals surface area (Å²) in [6, 6.07) is 19.1. The average molecular weight is 857 g/mol. The van der Waals surface area contributed by atoms with Crippen molar-refractivity contribution in [3.05, 3.63) is 104 Å². The zero-order valence-corrected chi connectivity index (χ0v) is 39.1. The summed E-state index contributed by atoms with van der Waals surface area (Å²) in [6.45, 7) is 17.1. The maximum absolute atomic E-state index is 14.2. The lowest BCUT2D eigenvalue weighted by Gasteiger charge is -2.28. The highest BCUT2D eigenvalue weighted by Crippen LogP contribution is 2.26. The van der Waals surface area contributed by atoms with Crippen molar-refractivity contribution in [2.75, 3.05) is 14.1 Å². The molecule has 10 nitrogen and oxygen atoms in total. The summed E-state index contributed by atoms with van der Waals surface area (Å²) in [4.78, 5) is 68.0. The first-order chi connectivity index (χ1) is 28.5. The zero-order chi connectivity index (χ0) is 43.9. The standard InChI is InChI=1S/C48H68N6O4S2/c1-31(2)41(26-43(56)53(9)27-39-29-59-46(50-39)33(5)6)45(57)49-38(24-36-19-15-12-16-20-36)22-21-37(23-35-17-13-11-14-18-35)25-42(55)44(32(3)4)52-48(58)54(10)28-40-30-60-47(51-40)34(7)8/h11-20,29-34,37-38,41,44H,21-28H2,1-10H3,(H,49,57)(H,52,58)/t37-,38-,41+,44+/m1/s1. The predicted molar refractivity (Wildman–Crippen MR) is 245 cm³/mol. The van der Waals surface area contributed by atoms with E-state index in [9.17, 15) is 19.2 Å². The number of hydrogen-bond donors (Lipinski definition) is 2. The van der Waals surface area contributed by atoms with Crippen molar-refractivity contribution in [1.29, 1.82) is 0 Å². The number of aromatic nitrogens is 2. The van der Waals surface area contributed by atoms with Crippen molar-refractivity contribution < 1.29 is 19.2 Å². The Bertz CT molecular complexity index is 1800. The Hall–Kier alpha value is -4.42. The van der Waals surface area contributed by atoms with Crippen LogP contribution in [-0.2, 0) is 40.3 Å². The fraction of sp³-hybridized carbons (Fsp3) is 0.542. The topological polar surface area (TPSA) is 125 Å². The third-order valence-electron chi connectivity index (χ3n) is 11.0. The second-order valence-corrected chi connectivity index (χ2v) is 19.5. The minimum Gasteiger partial charge on any atom is -0.353 e. The van der Waals surface area contributed by atoms with Crippen molar-refractivity contribution in [1.82, 2.24) is 30.4 Å². The molecule has 326 valence electrons. The highest BCUT2D eigenvalue weighted by Gasteiger charge is 2.31. The fourth-order valence-electron chi connectivity index (χ4n) is 7.31. The summed E-state index contributed by atoms with van der Waals surface area (Å²) in [5.41, 5.74) is 3.93. The molecule has 4 aromatic rings. The summed E-state index contributed by atoms with van der Waals surface area (Å²) in [5, 5.41) is 12.5. The zero-order valence-electron chi connectivity index (χ0n) is 37.4. The van der Waals surface area contributed by atoms with Crippen LogP contribution in [0, 0.1) is 23.7 Å². The monoisotopic (exact) mass is 856 g/mol. The molecule has 0 fully saturated rings. The summed E-state index contributed by atoms with van der Waals surface area (Å²) in [7, 11) is 3.50. The normalized spacial score (nSPS) is 13.6. The molecular weight excluding hydrogens is 789 g/mol. The quantitative estimate of drug-likeness (QED) is 0.0766. The molecule has 4 atom stereocenters. The van der Waals surface area contributed by atoms with Gasteiger partial charge >= 0.3 is 6.03 Å². The Kier molecular flexibility index (Phi) is 18.9. The molecule has 0 aliphatic heterocycles. The molecule has 4 amide bonds. The highest BCUT2D eigenvalue weighted by atomic mass is 32.1. The van der Waals surface area contributed by atoms with Gasteiger partial charge in [-0.25, -0.2) is 14.8 Å². The smallest absolute Gasteiger partial charge is 0.318 e. The lowest BCUT2D eigenvalue weighted by molar-refractivity contribution is -0.137. The minimum absolute atomic E-state index is 0.00679. The molecule has 0 spiro atoms. The molecule has 2 N–H and O–H groups in total. The number of nitrogens with zero attached hydrogens (tertiary/aromatic N) is 4. The number of ketones is 1. The van der Waals surface area contributed by atoms with Crippen LogP contribution in [0.1, 0.15) is 125 Å². The first kappa shape index (κ1) is 48.2. The lowest BCUT2D eigenvalue weighted by atomic mass is 9.84. The Morgan fingerprint density at radius 3 is 1.63 bits per heavy atom. The van der Waals surface area contributed by atoms with Gasteiger partial charge in [0.25, 0.3) is 0 Å². The second kappa shape index (κ2) is 23.5. The van der Waals surface area contributed by atoms with Crippen LogP contribution in [0.2, 0.25) is 0 Å². The van der Waals surface area contributed by atoms with Crippen LogP contribution in [0.3, 0.4) is 0 Å². The van der Waals surface area contributed by atoms with Crippen molar-refractivity contribution in [3.8, 4) is 0 Å². The molecule has 0 bridgehead atoms. The number of nitrogens with one attached hydrogen (secondary N) is 2. The van der Waals surface area contributed by atoms with Crippen LogP contribution in [-0.4, -0.2) is 69.6 Å². The summed E-state index contributed by atoms with van der Waals surface area (Å²) in [5.74, 6) is -0.308. The van der Waals surface area contributed by atoms with Gasteiger partial charge in [0.05, 0.1) is 40.5 Å². The molecule has 0 saturated heterocycles. The number of Topliss-reactive ketones (excluding diaryl/α,β-unsaturated/α-hetero) is 1. The summed E-state index contributed by atoms with van der Waals surface area (Å²) < 4.78 is 0. The second-order valence-electron chi connectivity index (χ2n) is 17.7. The van der Waals surface area contributed by atoms with Gasteiger partial charge in [-0.05, 0) is 54.6 Å². The largest absolute Gasteiger partial charge is 0.353 e. The van der Waals surface area contributed by atoms with Crippen LogP contribution in [0.4, 0.5) is 4.79 Å². The van der Waals surface area contributed by atoms with Crippen LogP contribution in [0.5, 0.6) is 0 Å². The van der Waals surface area contributed by atoms with E-state index in [1.54, 1.807) is 46.6 Å². The fourth-order valence-corrected chi connectivity index (χ4v) is 8.96. The van der Waals surface area contributed by atoms with E-state index in [-0.39, 0.29) is 60.3 Å².